The Morgan fingerprint density at radius 3 is 2.57 bits per heavy atom. The Hall–Kier alpha value is -2.88. The highest BCUT2D eigenvalue weighted by Crippen LogP contribution is 2.30. The fraction of sp³-hybridized carbons (Fsp3) is 0.176. The number of rotatable bonds is 6. The van der Waals surface area contributed by atoms with Crippen LogP contribution in [0.3, 0.4) is 0 Å². The second-order valence-electron chi connectivity index (χ2n) is 5.72. The van der Waals surface area contributed by atoms with Gasteiger partial charge in [0.1, 0.15) is 11.9 Å². The molecule has 0 amide bonds. The number of nitrogens with zero attached hydrogens (tertiary/aromatic N) is 4. The van der Waals surface area contributed by atoms with Crippen LogP contribution in [0.15, 0.2) is 35.4 Å². The molecular weight excluding hydrogens is 411 g/mol. The Kier molecular flexibility index (Phi) is 5.68. The molecule has 1 aromatic carbocycles. The lowest BCUT2D eigenvalue weighted by atomic mass is 10.0. The zero-order valence-corrected chi connectivity index (χ0v) is 16.0. The van der Waals surface area contributed by atoms with Crippen LogP contribution < -0.4 is 10.3 Å². The van der Waals surface area contributed by atoms with Gasteiger partial charge in [0.15, 0.2) is 5.43 Å². The van der Waals surface area contributed by atoms with Gasteiger partial charge in [0, 0.05) is 23.9 Å². The molecule has 11 heteroatoms. The summed E-state index contributed by atoms with van der Waals surface area (Å²) < 4.78 is 3.01. The molecule has 0 unspecified atom stereocenters. The van der Waals surface area contributed by atoms with E-state index in [1.807, 2.05) is 6.92 Å². The molecule has 0 atom stereocenters. The minimum absolute atomic E-state index is 0.0909. The fourth-order valence-corrected chi connectivity index (χ4v) is 3.20. The van der Waals surface area contributed by atoms with Gasteiger partial charge in [-0.3, -0.25) is 9.68 Å². The van der Waals surface area contributed by atoms with Crippen molar-refractivity contribution in [2.45, 2.75) is 20.0 Å². The van der Waals surface area contributed by atoms with Crippen LogP contribution >= 0.6 is 23.2 Å². The van der Waals surface area contributed by atoms with E-state index in [1.165, 1.54) is 29.2 Å². The lowest BCUT2D eigenvalue weighted by Crippen LogP contribution is -2.24. The van der Waals surface area contributed by atoms with E-state index in [0.717, 1.165) is 0 Å². The maximum Gasteiger partial charge on any atom is 0.371 e. The normalized spacial score (nSPS) is 10.9. The molecule has 9 nitrogen and oxygen atoms in total. The van der Waals surface area contributed by atoms with Crippen molar-refractivity contribution in [3.63, 3.8) is 0 Å². The summed E-state index contributed by atoms with van der Waals surface area (Å²) in [5.74, 6) is -1.35. The van der Waals surface area contributed by atoms with Crippen molar-refractivity contribution >= 4 is 29.2 Å². The number of hydrogen-bond acceptors (Lipinski definition) is 6. The molecule has 2 aromatic heterocycles. The van der Waals surface area contributed by atoms with Gasteiger partial charge in [-0.2, -0.15) is 10.2 Å². The van der Waals surface area contributed by atoms with Crippen LogP contribution in [0.4, 0.5) is 0 Å². The molecule has 3 aromatic rings. The van der Waals surface area contributed by atoms with Crippen LogP contribution in [0.5, 0.6) is 6.01 Å². The van der Waals surface area contributed by atoms with Gasteiger partial charge in [-0.05, 0) is 19.1 Å². The summed E-state index contributed by atoms with van der Waals surface area (Å²) in [6, 6.07) is 5.61. The van der Waals surface area contributed by atoms with E-state index in [-0.39, 0.29) is 28.8 Å². The number of aromatic nitrogens is 4. The molecule has 0 aliphatic rings. The molecule has 0 spiro atoms. The minimum atomic E-state index is -1.35. The fourth-order valence-electron chi connectivity index (χ4n) is 2.90. The molecule has 0 bridgehead atoms. The first-order valence-corrected chi connectivity index (χ1v) is 8.77. The van der Waals surface area contributed by atoms with Crippen LogP contribution in [0.2, 0.25) is 10.0 Å². The van der Waals surface area contributed by atoms with Crippen molar-refractivity contribution in [1.82, 2.24) is 19.3 Å². The van der Waals surface area contributed by atoms with Crippen molar-refractivity contribution in [2.75, 3.05) is 0 Å². The second kappa shape index (κ2) is 8.01. The van der Waals surface area contributed by atoms with Crippen LogP contribution in [0.25, 0.3) is 11.3 Å². The van der Waals surface area contributed by atoms with Gasteiger partial charge >= 0.3 is 12.0 Å². The molecule has 3 rings (SSSR count). The summed E-state index contributed by atoms with van der Waals surface area (Å²) in [5.41, 5.74) is 0.0855. The van der Waals surface area contributed by atoms with E-state index in [4.69, 9.17) is 28.5 Å². The van der Waals surface area contributed by atoms with Crippen molar-refractivity contribution in [2.24, 2.45) is 0 Å². The summed E-state index contributed by atoms with van der Waals surface area (Å²) in [7, 11) is 0. The molecule has 28 heavy (non-hydrogen) atoms. The Morgan fingerprint density at radius 1 is 1.25 bits per heavy atom. The largest absolute Gasteiger partial charge is 0.477 e. The van der Waals surface area contributed by atoms with E-state index < -0.39 is 11.4 Å². The topological polar surface area (TPSA) is 119 Å². The lowest BCUT2D eigenvalue weighted by Gasteiger charge is -2.19. The van der Waals surface area contributed by atoms with E-state index in [1.54, 1.807) is 10.6 Å². The molecule has 2 heterocycles. The molecule has 0 saturated carbocycles. The maximum atomic E-state index is 12.6. The predicted molar refractivity (Wildman–Crippen MR) is 101 cm³/mol. The number of hydrogen-bond donors (Lipinski definition) is 2. The van der Waals surface area contributed by atoms with E-state index in [2.05, 4.69) is 15.0 Å². The molecule has 0 radical (unpaired) electrons. The number of pyridine rings is 1. The highest BCUT2D eigenvalue weighted by Gasteiger charge is 2.22. The van der Waals surface area contributed by atoms with Crippen LogP contribution in [-0.4, -0.2) is 35.7 Å². The molecule has 146 valence electrons. The van der Waals surface area contributed by atoms with Crippen LogP contribution in [-0.2, 0) is 13.1 Å². The van der Waals surface area contributed by atoms with Gasteiger partial charge in [-0.15, -0.1) is 5.10 Å². The van der Waals surface area contributed by atoms with Crippen molar-refractivity contribution < 1.29 is 20.0 Å². The maximum absolute atomic E-state index is 12.6. The first kappa shape index (κ1) is 19.9. The first-order valence-electron chi connectivity index (χ1n) is 8.02. The summed E-state index contributed by atoms with van der Waals surface area (Å²) >= 11 is 12.1. The Labute approximate surface area is 168 Å². The second-order valence-corrected chi connectivity index (χ2v) is 6.53. The Bertz CT molecular complexity index is 1110. The molecule has 0 aliphatic carbocycles. The van der Waals surface area contributed by atoms with Gasteiger partial charge in [0.05, 0.1) is 22.3 Å². The number of carboxylic acids is 1. The third-order valence-corrected chi connectivity index (χ3v) is 4.78. The van der Waals surface area contributed by atoms with E-state index in [0.29, 0.717) is 22.8 Å². The molecular formula is C17H14Cl2N4O5. The number of halogens is 2. The van der Waals surface area contributed by atoms with Gasteiger partial charge in [0.25, 0.3) is 0 Å². The smallest absolute Gasteiger partial charge is 0.371 e. The van der Waals surface area contributed by atoms with Gasteiger partial charge in [-0.1, -0.05) is 29.3 Å². The first-order chi connectivity index (χ1) is 13.3. The van der Waals surface area contributed by atoms with Gasteiger partial charge in [0.2, 0.25) is 0 Å². The number of aromatic carboxylic acids is 1. The summed E-state index contributed by atoms with van der Waals surface area (Å²) in [6.45, 7) is 2.27. The predicted octanol–water partition coefficient (Wildman–Crippen LogP) is 3.03. The summed E-state index contributed by atoms with van der Waals surface area (Å²) in [6.07, 6.45) is 1.31. The average Bonchev–Trinajstić information content (AvgIpc) is 3.10. The van der Waals surface area contributed by atoms with Crippen LogP contribution in [0, 0.1) is 0 Å². The zero-order chi connectivity index (χ0) is 20.4. The minimum Gasteiger partial charge on any atom is -0.477 e. The molecule has 0 aliphatic heterocycles. The standard InChI is InChI=1S/C17H14Cl2N4O5/c1-2-23-10(7-22-8-20-17(21-22)28-27)6-13(24)14(16(25)26)15(23)9-3-4-11(18)12(19)5-9/h3-6,8,27H,2,7H2,1H3,(H,25,26). The number of carbonyl (C=O) groups is 1. The molecule has 0 saturated heterocycles. The van der Waals surface area contributed by atoms with Gasteiger partial charge < -0.3 is 9.67 Å². The SMILES string of the molecule is CCn1c(Cn2cnc(OO)n2)cc(=O)c(C(=O)O)c1-c1ccc(Cl)c(Cl)c1. The monoisotopic (exact) mass is 424 g/mol. The van der Waals surface area contributed by atoms with Crippen molar-refractivity contribution in [3.05, 3.63) is 62.1 Å². The third kappa shape index (κ3) is 3.72. The van der Waals surface area contributed by atoms with Crippen molar-refractivity contribution in [3.8, 4) is 17.3 Å². The third-order valence-electron chi connectivity index (χ3n) is 4.04. The lowest BCUT2D eigenvalue weighted by molar-refractivity contribution is -0.145. The van der Waals surface area contributed by atoms with Gasteiger partial charge in [-0.25, -0.2) is 9.48 Å². The quantitative estimate of drug-likeness (QED) is 0.460. The average molecular weight is 425 g/mol. The Morgan fingerprint density at radius 2 is 2.00 bits per heavy atom. The number of carboxylic acid groups (broad SMARTS) is 1. The van der Waals surface area contributed by atoms with E-state index in [9.17, 15) is 14.7 Å². The van der Waals surface area contributed by atoms with E-state index >= 15 is 0 Å². The zero-order valence-electron chi connectivity index (χ0n) is 14.5. The Balaban J connectivity index is 2.25. The number of benzene rings is 1. The highest BCUT2D eigenvalue weighted by atomic mass is 35.5. The summed E-state index contributed by atoms with van der Waals surface area (Å²) in [5, 5.41) is 22.7. The highest BCUT2D eigenvalue weighted by molar-refractivity contribution is 6.42. The molecule has 2 N–H and O–H groups in total. The molecule has 0 fully saturated rings. The van der Waals surface area contributed by atoms with Crippen molar-refractivity contribution in [1.29, 1.82) is 0 Å². The van der Waals surface area contributed by atoms with Crippen LogP contribution in [0.1, 0.15) is 23.0 Å². The summed E-state index contributed by atoms with van der Waals surface area (Å²) in [4.78, 5) is 32.1.